The summed E-state index contributed by atoms with van der Waals surface area (Å²) in [7, 11) is 0. The first-order valence-corrected chi connectivity index (χ1v) is 7.10. The molecule has 0 saturated heterocycles. The van der Waals surface area contributed by atoms with Crippen LogP contribution in [-0.4, -0.2) is 16.4 Å². The number of H-pyrrole nitrogens is 1. The third kappa shape index (κ3) is 2.18. The third-order valence-corrected chi connectivity index (χ3v) is 4.17. The fourth-order valence-electron chi connectivity index (χ4n) is 3.00. The Morgan fingerprint density at radius 1 is 1.25 bits per heavy atom. The van der Waals surface area contributed by atoms with Crippen molar-refractivity contribution >= 4 is 16.8 Å². The summed E-state index contributed by atoms with van der Waals surface area (Å²) in [5.74, 6) is 2.73. The number of benzene rings is 1. The van der Waals surface area contributed by atoms with Crippen molar-refractivity contribution in [3.05, 3.63) is 36.0 Å². The van der Waals surface area contributed by atoms with Crippen LogP contribution in [0.25, 0.3) is 10.9 Å². The standard InChI is InChI=1S/C17H18N2O/c1-2-17(10-6-3-7-11-17)19-16(20)14-12-18-15-9-5-4-8-13(14)15/h1,4-5,8-9,12,18H,3,6-7,10-11H2,(H,19,20). The molecule has 3 nitrogen and oxygen atoms in total. The van der Waals surface area contributed by atoms with Gasteiger partial charge in [-0.2, -0.15) is 0 Å². The lowest BCUT2D eigenvalue weighted by Gasteiger charge is -2.33. The molecule has 102 valence electrons. The summed E-state index contributed by atoms with van der Waals surface area (Å²) < 4.78 is 0. The van der Waals surface area contributed by atoms with Crippen molar-refractivity contribution in [2.45, 2.75) is 37.6 Å². The van der Waals surface area contributed by atoms with E-state index in [4.69, 9.17) is 6.42 Å². The minimum atomic E-state index is -0.465. The SMILES string of the molecule is C#CC1(NC(=O)c2c[nH]c3ccccc23)CCCCC1. The summed E-state index contributed by atoms with van der Waals surface area (Å²) in [6.45, 7) is 0. The predicted molar refractivity (Wildman–Crippen MR) is 80.4 cm³/mol. The number of fused-ring (bicyclic) bond motifs is 1. The monoisotopic (exact) mass is 266 g/mol. The summed E-state index contributed by atoms with van der Waals surface area (Å²) in [5, 5.41) is 4.02. The van der Waals surface area contributed by atoms with Crippen LogP contribution >= 0.6 is 0 Å². The van der Waals surface area contributed by atoms with Crippen molar-refractivity contribution in [2.75, 3.05) is 0 Å². The highest BCUT2D eigenvalue weighted by molar-refractivity contribution is 6.07. The summed E-state index contributed by atoms with van der Waals surface area (Å²) in [5.41, 5.74) is 1.17. The van der Waals surface area contributed by atoms with Crippen molar-refractivity contribution in [3.63, 3.8) is 0 Å². The van der Waals surface area contributed by atoms with Crippen LogP contribution < -0.4 is 5.32 Å². The zero-order valence-electron chi connectivity index (χ0n) is 11.4. The number of nitrogens with one attached hydrogen (secondary N) is 2. The molecule has 3 rings (SSSR count). The number of terminal acetylenes is 1. The number of para-hydroxylation sites is 1. The topological polar surface area (TPSA) is 44.9 Å². The first-order chi connectivity index (χ1) is 9.74. The minimum Gasteiger partial charge on any atom is -0.360 e. The average Bonchev–Trinajstić information content (AvgIpc) is 2.92. The van der Waals surface area contributed by atoms with Gasteiger partial charge in [0.2, 0.25) is 0 Å². The molecule has 0 unspecified atom stereocenters. The molecule has 1 heterocycles. The van der Waals surface area contributed by atoms with Crippen molar-refractivity contribution in [1.82, 2.24) is 10.3 Å². The van der Waals surface area contributed by atoms with E-state index in [1.54, 1.807) is 6.20 Å². The molecule has 2 N–H and O–H groups in total. The third-order valence-electron chi connectivity index (χ3n) is 4.17. The Bertz CT molecular complexity index is 672. The van der Waals surface area contributed by atoms with Crippen LogP contribution in [0.5, 0.6) is 0 Å². The summed E-state index contributed by atoms with van der Waals surface area (Å²) >= 11 is 0. The van der Waals surface area contributed by atoms with Gasteiger partial charge >= 0.3 is 0 Å². The van der Waals surface area contributed by atoms with E-state index < -0.39 is 5.54 Å². The summed E-state index contributed by atoms with van der Waals surface area (Å²) in [6, 6.07) is 7.79. The Labute approximate surface area is 118 Å². The van der Waals surface area contributed by atoms with Crippen molar-refractivity contribution in [2.24, 2.45) is 0 Å². The number of rotatable bonds is 2. The molecule has 0 aliphatic heterocycles. The van der Waals surface area contributed by atoms with Gasteiger partial charge in [-0.1, -0.05) is 43.4 Å². The highest BCUT2D eigenvalue weighted by Crippen LogP contribution is 2.28. The molecule has 1 aliphatic rings. The molecule has 0 spiro atoms. The van der Waals surface area contributed by atoms with Crippen molar-refractivity contribution in [3.8, 4) is 12.3 Å². The maximum Gasteiger partial charge on any atom is 0.254 e. The first kappa shape index (κ1) is 12.8. The van der Waals surface area contributed by atoms with Gasteiger partial charge in [0.25, 0.3) is 5.91 Å². The molecule has 20 heavy (non-hydrogen) atoms. The van der Waals surface area contributed by atoms with Crippen LogP contribution in [0.4, 0.5) is 0 Å². The van der Waals surface area contributed by atoms with Crippen LogP contribution in [0.15, 0.2) is 30.5 Å². The lowest BCUT2D eigenvalue weighted by atomic mass is 9.82. The highest BCUT2D eigenvalue weighted by atomic mass is 16.1. The lowest BCUT2D eigenvalue weighted by molar-refractivity contribution is 0.0905. The van der Waals surface area contributed by atoms with E-state index in [2.05, 4.69) is 16.2 Å². The largest absolute Gasteiger partial charge is 0.360 e. The van der Waals surface area contributed by atoms with Crippen LogP contribution in [0.1, 0.15) is 42.5 Å². The molecule has 3 heteroatoms. The van der Waals surface area contributed by atoms with Gasteiger partial charge in [0.05, 0.1) is 5.56 Å². The van der Waals surface area contributed by atoms with E-state index in [-0.39, 0.29) is 5.91 Å². The zero-order chi connectivity index (χ0) is 14.0. The van der Waals surface area contributed by atoms with Crippen LogP contribution in [-0.2, 0) is 0 Å². The fourth-order valence-corrected chi connectivity index (χ4v) is 3.00. The zero-order valence-corrected chi connectivity index (χ0v) is 11.4. The maximum atomic E-state index is 12.5. The lowest BCUT2D eigenvalue weighted by Crippen LogP contribution is -2.48. The van der Waals surface area contributed by atoms with Gasteiger partial charge in [-0.25, -0.2) is 0 Å². The highest BCUT2D eigenvalue weighted by Gasteiger charge is 2.32. The number of hydrogen-bond acceptors (Lipinski definition) is 1. The molecule has 0 radical (unpaired) electrons. The number of carbonyl (C=O) groups excluding carboxylic acids is 1. The number of aromatic nitrogens is 1. The molecule has 1 fully saturated rings. The molecule has 0 bridgehead atoms. The normalized spacial score (nSPS) is 17.6. The van der Waals surface area contributed by atoms with Gasteiger partial charge in [-0.3, -0.25) is 4.79 Å². The molecular formula is C17H18N2O. The fraction of sp³-hybridized carbons (Fsp3) is 0.353. The molecule has 1 aliphatic carbocycles. The van der Waals surface area contributed by atoms with Gasteiger partial charge in [-0.15, -0.1) is 6.42 Å². The molecule has 1 aromatic heterocycles. The van der Waals surface area contributed by atoms with Crippen molar-refractivity contribution in [1.29, 1.82) is 0 Å². The Hall–Kier alpha value is -2.21. The Kier molecular flexibility index (Phi) is 3.23. The average molecular weight is 266 g/mol. The van der Waals surface area contributed by atoms with Crippen LogP contribution in [0.3, 0.4) is 0 Å². The summed E-state index contributed by atoms with van der Waals surface area (Å²) in [6.07, 6.45) is 12.5. The molecular weight excluding hydrogens is 248 g/mol. The Balaban J connectivity index is 1.87. The first-order valence-electron chi connectivity index (χ1n) is 7.10. The Morgan fingerprint density at radius 2 is 2.00 bits per heavy atom. The molecule has 1 amide bonds. The second-order valence-corrected chi connectivity index (χ2v) is 5.49. The smallest absolute Gasteiger partial charge is 0.254 e. The van der Waals surface area contributed by atoms with Gasteiger partial charge in [0.15, 0.2) is 0 Å². The van der Waals surface area contributed by atoms with E-state index in [0.29, 0.717) is 5.56 Å². The number of amides is 1. The van der Waals surface area contributed by atoms with E-state index >= 15 is 0 Å². The molecule has 2 aromatic rings. The second kappa shape index (κ2) is 5.05. The van der Waals surface area contributed by atoms with Gasteiger partial charge in [0, 0.05) is 17.1 Å². The van der Waals surface area contributed by atoms with Gasteiger partial charge in [-0.05, 0) is 18.9 Å². The second-order valence-electron chi connectivity index (χ2n) is 5.49. The quantitative estimate of drug-likeness (QED) is 0.805. The van der Waals surface area contributed by atoms with E-state index in [1.165, 1.54) is 6.42 Å². The maximum absolute atomic E-state index is 12.5. The number of carbonyl (C=O) groups is 1. The molecule has 0 atom stereocenters. The van der Waals surface area contributed by atoms with Gasteiger partial charge in [0.1, 0.15) is 5.54 Å². The minimum absolute atomic E-state index is 0.0812. The van der Waals surface area contributed by atoms with Crippen LogP contribution in [0.2, 0.25) is 0 Å². The number of hydrogen-bond donors (Lipinski definition) is 2. The van der Waals surface area contributed by atoms with E-state index in [1.807, 2.05) is 24.3 Å². The Morgan fingerprint density at radius 3 is 2.75 bits per heavy atom. The predicted octanol–water partition coefficient (Wildman–Crippen LogP) is 3.23. The van der Waals surface area contributed by atoms with E-state index in [9.17, 15) is 4.79 Å². The van der Waals surface area contributed by atoms with E-state index in [0.717, 1.165) is 36.6 Å². The molecule has 1 saturated carbocycles. The molecule has 1 aromatic carbocycles. The number of aromatic amines is 1. The van der Waals surface area contributed by atoms with Crippen molar-refractivity contribution < 1.29 is 4.79 Å². The van der Waals surface area contributed by atoms with Gasteiger partial charge < -0.3 is 10.3 Å². The summed E-state index contributed by atoms with van der Waals surface area (Å²) in [4.78, 5) is 15.6. The van der Waals surface area contributed by atoms with Crippen LogP contribution in [0, 0.1) is 12.3 Å².